The van der Waals surface area contributed by atoms with Gasteiger partial charge < -0.3 is 5.32 Å². The van der Waals surface area contributed by atoms with E-state index >= 15 is 0 Å². The summed E-state index contributed by atoms with van der Waals surface area (Å²) in [6.07, 6.45) is 0. The topological polar surface area (TPSA) is 12.0 Å². The first-order valence-corrected chi connectivity index (χ1v) is 6.96. The number of para-hydroxylation sites is 2. The van der Waals surface area contributed by atoms with Crippen molar-refractivity contribution < 1.29 is 0 Å². The van der Waals surface area contributed by atoms with Crippen molar-refractivity contribution in [2.24, 2.45) is 0 Å². The van der Waals surface area contributed by atoms with E-state index < -0.39 is 0 Å². The minimum absolute atomic E-state index is 0.0529. The third-order valence-electron chi connectivity index (χ3n) is 2.96. The highest BCUT2D eigenvalue weighted by atomic mass is 35.5. The molecule has 2 rings (SSSR count). The van der Waals surface area contributed by atoms with Crippen LogP contribution in [0.5, 0.6) is 0 Å². The summed E-state index contributed by atoms with van der Waals surface area (Å²) < 4.78 is 0. The Morgan fingerprint density at radius 2 is 1.42 bits per heavy atom. The summed E-state index contributed by atoms with van der Waals surface area (Å²) in [6, 6.07) is 13.7. The first kappa shape index (κ1) is 14.2. The van der Waals surface area contributed by atoms with Gasteiger partial charge in [-0.25, -0.2) is 0 Å². The maximum Gasteiger partial charge on any atom is 0.0762 e. The third kappa shape index (κ3) is 3.23. The molecule has 0 aliphatic heterocycles. The van der Waals surface area contributed by atoms with Gasteiger partial charge >= 0.3 is 0 Å². The van der Waals surface area contributed by atoms with E-state index in [9.17, 15) is 0 Å². The number of hydrogen-bond acceptors (Lipinski definition) is 1. The molecular weight excluding hydrogens is 277 g/mol. The minimum Gasteiger partial charge on any atom is -0.353 e. The molecule has 1 N–H and O–H groups in total. The molecule has 3 heteroatoms. The van der Waals surface area contributed by atoms with Crippen LogP contribution >= 0.6 is 23.2 Å². The van der Waals surface area contributed by atoms with Crippen LogP contribution in [0.3, 0.4) is 0 Å². The summed E-state index contributed by atoms with van der Waals surface area (Å²) in [7, 11) is 0. The quantitative estimate of drug-likeness (QED) is 0.712. The van der Waals surface area contributed by atoms with Crippen LogP contribution in [0.15, 0.2) is 42.5 Å². The maximum atomic E-state index is 6.20. The van der Waals surface area contributed by atoms with Gasteiger partial charge in [-0.2, -0.15) is 0 Å². The molecule has 0 aliphatic rings. The number of rotatable bonds is 2. The zero-order valence-electron chi connectivity index (χ0n) is 11.3. The van der Waals surface area contributed by atoms with Gasteiger partial charge in [0.15, 0.2) is 0 Å². The number of anilines is 2. The highest BCUT2D eigenvalue weighted by Gasteiger charge is 2.18. The average molecular weight is 294 g/mol. The first-order chi connectivity index (χ1) is 8.89. The van der Waals surface area contributed by atoms with Gasteiger partial charge in [0.25, 0.3) is 0 Å². The molecule has 0 saturated heterocycles. The zero-order chi connectivity index (χ0) is 14.0. The van der Waals surface area contributed by atoms with Crippen LogP contribution in [0.25, 0.3) is 0 Å². The van der Waals surface area contributed by atoms with E-state index in [2.05, 4.69) is 32.2 Å². The molecule has 0 radical (unpaired) electrons. The van der Waals surface area contributed by atoms with Crippen LogP contribution in [-0.2, 0) is 5.41 Å². The number of nitrogens with one attached hydrogen (secondary N) is 1. The van der Waals surface area contributed by atoms with Crippen molar-refractivity contribution in [1.82, 2.24) is 0 Å². The summed E-state index contributed by atoms with van der Waals surface area (Å²) in [5, 5.41) is 4.59. The Kier molecular flexibility index (Phi) is 4.07. The van der Waals surface area contributed by atoms with E-state index in [-0.39, 0.29) is 5.41 Å². The van der Waals surface area contributed by atoms with Crippen molar-refractivity contribution in [2.75, 3.05) is 5.32 Å². The monoisotopic (exact) mass is 293 g/mol. The summed E-state index contributed by atoms with van der Waals surface area (Å²) in [4.78, 5) is 0. The molecule has 2 aromatic carbocycles. The van der Waals surface area contributed by atoms with E-state index in [1.807, 2.05) is 36.4 Å². The third-order valence-corrected chi connectivity index (χ3v) is 3.59. The standard InChI is InChI=1S/C16H17Cl2N/c1-16(2,3)11-7-4-5-10-14(11)19-15-12(17)8-6-9-13(15)18/h4-10,19H,1-3H3. The molecule has 0 aromatic heterocycles. The first-order valence-electron chi connectivity index (χ1n) is 6.20. The predicted molar refractivity (Wildman–Crippen MR) is 84.9 cm³/mol. The fourth-order valence-corrected chi connectivity index (χ4v) is 2.49. The van der Waals surface area contributed by atoms with Crippen molar-refractivity contribution in [2.45, 2.75) is 26.2 Å². The molecule has 1 nitrogen and oxygen atoms in total. The lowest BCUT2D eigenvalue weighted by atomic mass is 9.86. The molecule has 0 fully saturated rings. The second kappa shape index (κ2) is 5.44. The molecule has 19 heavy (non-hydrogen) atoms. The Morgan fingerprint density at radius 1 is 0.842 bits per heavy atom. The van der Waals surface area contributed by atoms with E-state index in [1.165, 1.54) is 5.56 Å². The van der Waals surface area contributed by atoms with Gasteiger partial charge in [-0.3, -0.25) is 0 Å². The van der Waals surface area contributed by atoms with Gasteiger partial charge in [0, 0.05) is 5.69 Å². The summed E-state index contributed by atoms with van der Waals surface area (Å²) in [5.74, 6) is 0. The van der Waals surface area contributed by atoms with Gasteiger partial charge in [0.1, 0.15) is 0 Å². The zero-order valence-corrected chi connectivity index (χ0v) is 12.8. The van der Waals surface area contributed by atoms with E-state index in [0.717, 1.165) is 11.4 Å². The van der Waals surface area contributed by atoms with Crippen LogP contribution in [0, 0.1) is 0 Å². The lowest BCUT2D eigenvalue weighted by Crippen LogP contribution is -2.13. The van der Waals surface area contributed by atoms with Crippen molar-refractivity contribution in [3.8, 4) is 0 Å². The second-order valence-corrected chi connectivity index (χ2v) is 6.33. The molecular formula is C16H17Cl2N. The molecule has 0 amide bonds. The van der Waals surface area contributed by atoms with Crippen molar-refractivity contribution in [3.05, 3.63) is 58.1 Å². The van der Waals surface area contributed by atoms with E-state index in [1.54, 1.807) is 0 Å². The van der Waals surface area contributed by atoms with E-state index in [4.69, 9.17) is 23.2 Å². The van der Waals surface area contributed by atoms with Crippen molar-refractivity contribution >= 4 is 34.6 Å². The fraction of sp³-hybridized carbons (Fsp3) is 0.250. The lowest BCUT2D eigenvalue weighted by Gasteiger charge is -2.24. The van der Waals surface area contributed by atoms with Crippen molar-refractivity contribution in [3.63, 3.8) is 0 Å². The maximum absolute atomic E-state index is 6.20. The van der Waals surface area contributed by atoms with Crippen LogP contribution in [0.2, 0.25) is 10.0 Å². The van der Waals surface area contributed by atoms with Crippen molar-refractivity contribution in [1.29, 1.82) is 0 Å². The molecule has 0 atom stereocenters. The lowest BCUT2D eigenvalue weighted by molar-refractivity contribution is 0.592. The van der Waals surface area contributed by atoms with E-state index in [0.29, 0.717) is 10.0 Å². The summed E-state index contributed by atoms with van der Waals surface area (Å²) in [5.41, 5.74) is 3.07. The van der Waals surface area contributed by atoms with Gasteiger partial charge in [0.2, 0.25) is 0 Å². The Morgan fingerprint density at radius 3 is 2.00 bits per heavy atom. The Balaban J connectivity index is 2.45. The van der Waals surface area contributed by atoms with Gasteiger partial charge in [0.05, 0.1) is 15.7 Å². The predicted octanol–water partition coefficient (Wildman–Crippen LogP) is 6.03. The smallest absolute Gasteiger partial charge is 0.0762 e. The number of hydrogen-bond donors (Lipinski definition) is 1. The van der Waals surface area contributed by atoms with Crippen LogP contribution in [0.4, 0.5) is 11.4 Å². The molecule has 0 unspecified atom stereocenters. The molecule has 0 saturated carbocycles. The van der Waals surface area contributed by atoms with Crippen LogP contribution < -0.4 is 5.32 Å². The Labute approximate surface area is 124 Å². The molecule has 100 valence electrons. The molecule has 0 spiro atoms. The van der Waals surface area contributed by atoms with Gasteiger partial charge in [-0.1, -0.05) is 68.2 Å². The van der Waals surface area contributed by atoms with Crippen LogP contribution in [0.1, 0.15) is 26.3 Å². The molecule has 2 aromatic rings. The summed E-state index contributed by atoms with van der Waals surface area (Å²) in [6.45, 7) is 6.55. The van der Waals surface area contributed by atoms with Gasteiger partial charge in [-0.05, 0) is 29.2 Å². The molecule has 0 aliphatic carbocycles. The summed E-state index contributed by atoms with van der Waals surface area (Å²) >= 11 is 12.4. The van der Waals surface area contributed by atoms with Crippen LogP contribution in [-0.4, -0.2) is 0 Å². The number of halogens is 2. The second-order valence-electron chi connectivity index (χ2n) is 5.52. The average Bonchev–Trinajstić information content (AvgIpc) is 2.33. The minimum atomic E-state index is 0.0529. The molecule has 0 bridgehead atoms. The SMILES string of the molecule is CC(C)(C)c1ccccc1Nc1c(Cl)cccc1Cl. The highest BCUT2D eigenvalue weighted by Crippen LogP contribution is 2.36. The highest BCUT2D eigenvalue weighted by molar-refractivity contribution is 6.39. The van der Waals surface area contributed by atoms with Gasteiger partial charge in [-0.15, -0.1) is 0 Å². The number of benzene rings is 2. The Hall–Kier alpha value is -1.18. The molecule has 0 heterocycles. The largest absolute Gasteiger partial charge is 0.353 e. The fourth-order valence-electron chi connectivity index (χ4n) is 2.00. The Bertz CT molecular complexity index is 565. The normalized spacial score (nSPS) is 11.4.